The third-order valence-electron chi connectivity index (χ3n) is 4.13. The number of allylic oxidation sites excluding steroid dienone is 1. The zero-order valence-electron chi connectivity index (χ0n) is 10.2. The molecule has 0 aromatic carbocycles. The van der Waals surface area contributed by atoms with Crippen molar-refractivity contribution in [2.24, 2.45) is 11.8 Å². The van der Waals surface area contributed by atoms with Crippen molar-refractivity contribution in [3.05, 3.63) is 12.3 Å². The van der Waals surface area contributed by atoms with E-state index in [2.05, 4.69) is 30.4 Å². The topological polar surface area (TPSA) is 6.48 Å². The molecule has 0 saturated carbocycles. The second-order valence-electron chi connectivity index (χ2n) is 5.25. The Labute approximate surface area is 93.9 Å². The Morgan fingerprint density at radius 2 is 1.87 bits per heavy atom. The van der Waals surface area contributed by atoms with Crippen molar-refractivity contribution in [3.8, 4) is 0 Å². The summed E-state index contributed by atoms with van der Waals surface area (Å²) in [6.45, 7) is 11.6. The third kappa shape index (κ3) is 2.36. The van der Waals surface area contributed by atoms with Crippen LogP contribution in [0.2, 0.25) is 0 Å². The molecule has 86 valence electrons. The molecular formula is C13H24N2. The molecule has 2 aliphatic rings. The van der Waals surface area contributed by atoms with Gasteiger partial charge in [-0.2, -0.15) is 0 Å². The van der Waals surface area contributed by atoms with Crippen LogP contribution in [0.3, 0.4) is 0 Å². The Kier molecular flexibility index (Phi) is 3.35. The predicted octanol–water partition coefficient (Wildman–Crippen LogP) is 2.18. The van der Waals surface area contributed by atoms with Crippen LogP contribution in [-0.2, 0) is 0 Å². The van der Waals surface area contributed by atoms with E-state index in [0.717, 1.165) is 11.8 Å². The Bertz CT molecular complexity index is 223. The van der Waals surface area contributed by atoms with E-state index in [4.69, 9.17) is 0 Å². The summed E-state index contributed by atoms with van der Waals surface area (Å²) in [5.74, 6) is 1.70. The number of nitrogens with zero attached hydrogens (tertiary/aromatic N) is 2. The molecular weight excluding hydrogens is 184 g/mol. The lowest BCUT2D eigenvalue weighted by Gasteiger charge is -2.45. The highest BCUT2D eigenvalue weighted by atomic mass is 15.2. The van der Waals surface area contributed by atoms with Crippen molar-refractivity contribution < 1.29 is 0 Å². The number of rotatable bonds is 3. The summed E-state index contributed by atoms with van der Waals surface area (Å²) in [5, 5.41) is 0. The van der Waals surface area contributed by atoms with Gasteiger partial charge in [-0.15, -0.1) is 0 Å². The number of likely N-dealkylation sites (tertiary alicyclic amines) is 2. The molecule has 2 saturated heterocycles. The van der Waals surface area contributed by atoms with Crippen molar-refractivity contribution in [3.63, 3.8) is 0 Å². The summed E-state index contributed by atoms with van der Waals surface area (Å²) >= 11 is 0. The van der Waals surface area contributed by atoms with Crippen molar-refractivity contribution >= 4 is 0 Å². The van der Waals surface area contributed by atoms with E-state index in [-0.39, 0.29) is 0 Å². The molecule has 0 amide bonds. The highest BCUT2D eigenvalue weighted by Crippen LogP contribution is 2.31. The normalized spacial score (nSPS) is 25.3. The van der Waals surface area contributed by atoms with E-state index < -0.39 is 0 Å². The van der Waals surface area contributed by atoms with Crippen LogP contribution < -0.4 is 0 Å². The first-order valence-corrected chi connectivity index (χ1v) is 6.33. The quantitative estimate of drug-likeness (QED) is 0.701. The Morgan fingerprint density at radius 1 is 1.27 bits per heavy atom. The maximum Gasteiger partial charge on any atom is 0.0220 e. The van der Waals surface area contributed by atoms with Crippen molar-refractivity contribution in [1.82, 2.24) is 9.80 Å². The van der Waals surface area contributed by atoms with E-state index in [0.29, 0.717) is 0 Å². The average Bonchev–Trinajstić information content (AvgIpc) is 2.17. The molecule has 2 fully saturated rings. The fraction of sp³-hybridized carbons (Fsp3) is 0.846. The molecule has 0 atom stereocenters. The minimum Gasteiger partial charge on any atom is -0.374 e. The largest absolute Gasteiger partial charge is 0.374 e. The van der Waals surface area contributed by atoms with Gasteiger partial charge >= 0.3 is 0 Å². The van der Waals surface area contributed by atoms with Gasteiger partial charge in [-0.25, -0.2) is 0 Å². The van der Waals surface area contributed by atoms with Gasteiger partial charge in [-0.3, -0.25) is 0 Å². The predicted molar refractivity (Wildman–Crippen MR) is 64.7 cm³/mol. The lowest BCUT2D eigenvalue weighted by Crippen LogP contribution is -2.47. The summed E-state index contributed by atoms with van der Waals surface area (Å²) in [6, 6.07) is 0. The van der Waals surface area contributed by atoms with E-state index in [9.17, 15) is 0 Å². The Morgan fingerprint density at radius 3 is 2.40 bits per heavy atom. The van der Waals surface area contributed by atoms with Crippen molar-refractivity contribution in [2.45, 2.75) is 26.2 Å². The van der Waals surface area contributed by atoms with Crippen molar-refractivity contribution in [1.29, 1.82) is 0 Å². The van der Waals surface area contributed by atoms with Crippen LogP contribution in [0.1, 0.15) is 26.2 Å². The molecule has 2 nitrogen and oxygen atoms in total. The zero-order valence-corrected chi connectivity index (χ0v) is 10.2. The summed E-state index contributed by atoms with van der Waals surface area (Å²) in [6.07, 6.45) is 3.95. The van der Waals surface area contributed by atoms with Gasteiger partial charge < -0.3 is 9.80 Å². The highest BCUT2D eigenvalue weighted by molar-refractivity contribution is 5.06. The monoisotopic (exact) mass is 208 g/mol. The average molecular weight is 208 g/mol. The van der Waals surface area contributed by atoms with E-state index in [1.165, 1.54) is 51.1 Å². The summed E-state index contributed by atoms with van der Waals surface area (Å²) < 4.78 is 0. The number of hydrogen-bond donors (Lipinski definition) is 0. The minimum absolute atomic E-state index is 0.763. The third-order valence-corrected chi connectivity index (χ3v) is 4.13. The van der Waals surface area contributed by atoms with Gasteiger partial charge in [0.2, 0.25) is 0 Å². The molecule has 0 aliphatic carbocycles. The number of piperidine rings is 1. The molecule has 0 bridgehead atoms. The van der Waals surface area contributed by atoms with Gasteiger partial charge in [0.05, 0.1) is 0 Å². The molecule has 0 aromatic heterocycles. The van der Waals surface area contributed by atoms with Gasteiger partial charge in [0.25, 0.3) is 0 Å². The van der Waals surface area contributed by atoms with Gasteiger partial charge in [0, 0.05) is 24.7 Å². The number of hydrogen-bond acceptors (Lipinski definition) is 2. The smallest absolute Gasteiger partial charge is 0.0220 e. The molecule has 2 aliphatic heterocycles. The fourth-order valence-electron chi connectivity index (χ4n) is 2.66. The molecule has 2 rings (SSSR count). The van der Waals surface area contributed by atoms with Crippen LogP contribution in [0, 0.1) is 11.8 Å². The maximum absolute atomic E-state index is 4.30. The first kappa shape index (κ1) is 11.0. The van der Waals surface area contributed by atoms with Crippen LogP contribution in [0.15, 0.2) is 12.3 Å². The molecule has 0 aromatic rings. The second kappa shape index (κ2) is 4.56. The minimum atomic E-state index is 0.763. The first-order chi connectivity index (χ1) is 7.20. The molecule has 2 heteroatoms. The second-order valence-corrected chi connectivity index (χ2v) is 5.25. The zero-order chi connectivity index (χ0) is 10.8. The van der Waals surface area contributed by atoms with Crippen LogP contribution in [0.5, 0.6) is 0 Å². The lowest BCUT2D eigenvalue weighted by molar-refractivity contribution is 0.109. The summed E-state index contributed by atoms with van der Waals surface area (Å²) in [5.41, 5.74) is 1.42. The SMILES string of the molecule is C=C(C1CCN(C)CC1)N1CC(CC)C1. The standard InChI is InChI=1S/C13H24N2/c1-4-12-9-15(10-12)11(2)13-5-7-14(3)8-6-13/h12-13H,2,4-10H2,1,3H3. The van der Waals surface area contributed by atoms with Crippen LogP contribution in [0.25, 0.3) is 0 Å². The first-order valence-electron chi connectivity index (χ1n) is 6.33. The van der Waals surface area contributed by atoms with Crippen LogP contribution in [-0.4, -0.2) is 43.0 Å². The molecule has 0 N–H and O–H groups in total. The highest BCUT2D eigenvalue weighted by Gasteiger charge is 2.30. The molecule has 2 heterocycles. The van der Waals surface area contributed by atoms with Crippen molar-refractivity contribution in [2.75, 3.05) is 33.2 Å². The van der Waals surface area contributed by atoms with Gasteiger partial charge in [-0.05, 0) is 45.3 Å². The van der Waals surface area contributed by atoms with Crippen LogP contribution >= 0.6 is 0 Å². The van der Waals surface area contributed by atoms with E-state index in [1.54, 1.807) is 0 Å². The molecule has 15 heavy (non-hydrogen) atoms. The fourth-order valence-corrected chi connectivity index (χ4v) is 2.66. The van der Waals surface area contributed by atoms with Gasteiger partial charge in [0.1, 0.15) is 0 Å². The maximum atomic E-state index is 4.30. The summed E-state index contributed by atoms with van der Waals surface area (Å²) in [4.78, 5) is 4.93. The van der Waals surface area contributed by atoms with Gasteiger partial charge in [-0.1, -0.05) is 13.5 Å². The van der Waals surface area contributed by atoms with E-state index in [1.807, 2.05) is 0 Å². The molecule has 0 radical (unpaired) electrons. The molecule has 0 spiro atoms. The summed E-state index contributed by atoms with van der Waals surface area (Å²) in [7, 11) is 2.22. The Balaban J connectivity index is 1.77. The van der Waals surface area contributed by atoms with Gasteiger partial charge in [0.15, 0.2) is 0 Å². The lowest BCUT2D eigenvalue weighted by atomic mass is 9.89. The van der Waals surface area contributed by atoms with Crippen LogP contribution in [0.4, 0.5) is 0 Å². The molecule has 0 unspecified atom stereocenters. The van der Waals surface area contributed by atoms with E-state index >= 15 is 0 Å². The Hall–Kier alpha value is -0.500.